The molecule has 1 heterocycles. The Morgan fingerprint density at radius 3 is 2.59 bits per heavy atom. The number of amides is 2. The van der Waals surface area contributed by atoms with Crippen LogP contribution in [0.25, 0.3) is 0 Å². The topological polar surface area (TPSA) is 88.9 Å². The van der Waals surface area contributed by atoms with Crippen molar-refractivity contribution < 1.29 is 23.5 Å². The first-order valence-corrected chi connectivity index (χ1v) is 7.51. The average molecular weight is 375 g/mol. The summed E-state index contributed by atoms with van der Waals surface area (Å²) in [6.07, 6.45) is 0. The van der Waals surface area contributed by atoms with Gasteiger partial charge < -0.3 is 19.4 Å². The highest BCUT2D eigenvalue weighted by Gasteiger charge is 2.24. The number of carbonyl (C=O) groups excluding carboxylic acids is 3. The molecule has 22 heavy (non-hydrogen) atoms. The van der Waals surface area contributed by atoms with Crippen molar-refractivity contribution in [2.45, 2.75) is 13.8 Å². The molecule has 1 unspecified atom stereocenters. The Kier molecular flexibility index (Phi) is 7.10. The van der Waals surface area contributed by atoms with Crippen LogP contribution in [0, 0.1) is 5.92 Å². The number of halogens is 1. The second-order valence-electron chi connectivity index (χ2n) is 4.76. The van der Waals surface area contributed by atoms with Gasteiger partial charge in [0.1, 0.15) is 0 Å². The van der Waals surface area contributed by atoms with Gasteiger partial charge in [-0.15, -0.1) is 0 Å². The number of rotatable bonds is 7. The van der Waals surface area contributed by atoms with Crippen LogP contribution in [0.2, 0.25) is 0 Å². The van der Waals surface area contributed by atoms with Crippen LogP contribution in [0.5, 0.6) is 0 Å². The summed E-state index contributed by atoms with van der Waals surface area (Å²) in [4.78, 5) is 36.3. The van der Waals surface area contributed by atoms with Crippen molar-refractivity contribution in [3.63, 3.8) is 0 Å². The van der Waals surface area contributed by atoms with E-state index in [0.717, 1.165) is 0 Å². The van der Waals surface area contributed by atoms with Crippen molar-refractivity contribution in [3.05, 3.63) is 22.6 Å². The van der Waals surface area contributed by atoms with Gasteiger partial charge in [-0.2, -0.15) is 0 Å². The van der Waals surface area contributed by atoms with Crippen molar-refractivity contribution in [1.82, 2.24) is 10.2 Å². The number of nitrogens with one attached hydrogen (secondary N) is 1. The highest BCUT2D eigenvalue weighted by Crippen LogP contribution is 2.16. The van der Waals surface area contributed by atoms with Crippen LogP contribution in [0.3, 0.4) is 0 Å². The SMILES string of the molecule is COC(=O)C(C)CN(CCNC(C)=O)C(=O)c1ccc(Br)o1. The molecule has 8 heteroatoms. The highest BCUT2D eigenvalue weighted by atomic mass is 79.9. The van der Waals surface area contributed by atoms with E-state index in [0.29, 0.717) is 4.67 Å². The van der Waals surface area contributed by atoms with Crippen LogP contribution in [0.15, 0.2) is 21.2 Å². The zero-order valence-corrected chi connectivity index (χ0v) is 14.3. The molecule has 1 rings (SSSR count). The zero-order chi connectivity index (χ0) is 16.7. The van der Waals surface area contributed by atoms with E-state index in [1.165, 1.54) is 18.9 Å². The van der Waals surface area contributed by atoms with Crippen molar-refractivity contribution in [1.29, 1.82) is 0 Å². The molecule has 0 aliphatic carbocycles. The lowest BCUT2D eigenvalue weighted by atomic mass is 10.1. The molecule has 0 radical (unpaired) electrons. The van der Waals surface area contributed by atoms with Gasteiger partial charge in [-0.1, -0.05) is 6.92 Å². The normalized spacial score (nSPS) is 11.6. The van der Waals surface area contributed by atoms with Crippen LogP contribution in [-0.4, -0.2) is 49.4 Å². The molecule has 0 aromatic carbocycles. The lowest BCUT2D eigenvalue weighted by Gasteiger charge is -2.24. The van der Waals surface area contributed by atoms with Crippen LogP contribution < -0.4 is 5.32 Å². The monoisotopic (exact) mass is 374 g/mol. The summed E-state index contributed by atoms with van der Waals surface area (Å²) in [6, 6.07) is 3.16. The molecular formula is C14H19BrN2O5. The molecule has 0 spiro atoms. The van der Waals surface area contributed by atoms with E-state index < -0.39 is 11.9 Å². The van der Waals surface area contributed by atoms with Crippen molar-refractivity contribution in [3.8, 4) is 0 Å². The fourth-order valence-electron chi connectivity index (χ4n) is 1.83. The number of esters is 1. The lowest BCUT2D eigenvalue weighted by Crippen LogP contribution is -2.41. The molecule has 7 nitrogen and oxygen atoms in total. The molecule has 0 aliphatic rings. The summed E-state index contributed by atoms with van der Waals surface area (Å²) in [5, 5.41) is 2.62. The number of hydrogen-bond acceptors (Lipinski definition) is 5. The molecule has 0 saturated carbocycles. The molecule has 122 valence electrons. The van der Waals surface area contributed by atoms with Gasteiger partial charge in [0.15, 0.2) is 10.4 Å². The molecule has 1 N–H and O–H groups in total. The molecule has 1 aromatic heterocycles. The Morgan fingerprint density at radius 2 is 2.09 bits per heavy atom. The summed E-state index contributed by atoms with van der Waals surface area (Å²) >= 11 is 3.14. The quantitative estimate of drug-likeness (QED) is 0.729. The summed E-state index contributed by atoms with van der Waals surface area (Å²) in [5.41, 5.74) is 0. The molecular weight excluding hydrogens is 356 g/mol. The molecule has 1 atom stereocenters. The van der Waals surface area contributed by atoms with Crippen LogP contribution in [-0.2, 0) is 14.3 Å². The second-order valence-corrected chi connectivity index (χ2v) is 5.54. The van der Waals surface area contributed by atoms with Gasteiger partial charge in [0, 0.05) is 26.6 Å². The van der Waals surface area contributed by atoms with E-state index in [9.17, 15) is 14.4 Å². The largest absolute Gasteiger partial charge is 0.469 e. The van der Waals surface area contributed by atoms with E-state index in [2.05, 4.69) is 26.0 Å². The van der Waals surface area contributed by atoms with E-state index in [1.807, 2.05) is 0 Å². The average Bonchev–Trinajstić information content (AvgIpc) is 2.90. The number of carbonyl (C=O) groups is 3. The highest BCUT2D eigenvalue weighted by molar-refractivity contribution is 9.10. The number of nitrogens with zero attached hydrogens (tertiary/aromatic N) is 1. The number of hydrogen-bond donors (Lipinski definition) is 1. The van der Waals surface area contributed by atoms with Crippen molar-refractivity contribution in [2.75, 3.05) is 26.7 Å². The fourth-order valence-corrected chi connectivity index (χ4v) is 2.14. The Balaban J connectivity index is 2.78. The van der Waals surface area contributed by atoms with Crippen molar-refractivity contribution in [2.24, 2.45) is 5.92 Å². The molecule has 0 bridgehead atoms. The van der Waals surface area contributed by atoms with E-state index in [4.69, 9.17) is 4.42 Å². The Hall–Kier alpha value is -1.83. The molecule has 0 aliphatic heterocycles. The summed E-state index contributed by atoms with van der Waals surface area (Å²) < 4.78 is 10.4. The van der Waals surface area contributed by atoms with Gasteiger partial charge in [0.2, 0.25) is 5.91 Å². The second kappa shape index (κ2) is 8.57. The summed E-state index contributed by atoms with van der Waals surface area (Å²) in [6.45, 7) is 3.79. The van der Waals surface area contributed by atoms with Gasteiger partial charge in [0.05, 0.1) is 13.0 Å². The standard InChI is InChI=1S/C14H19BrN2O5/c1-9(14(20)21-3)8-17(7-6-16-10(2)18)13(19)11-4-5-12(15)22-11/h4-5,9H,6-8H2,1-3H3,(H,16,18). The third-order valence-corrected chi connectivity index (χ3v) is 3.35. The van der Waals surface area contributed by atoms with Gasteiger partial charge in [0.25, 0.3) is 5.91 Å². The van der Waals surface area contributed by atoms with Gasteiger partial charge in [-0.25, -0.2) is 0 Å². The summed E-state index contributed by atoms with van der Waals surface area (Å²) in [7, 11) is 1.30. The van der Waals surface area contributed by atoms with Gasteiger partial charge in [-0.3, -0.25) is 14.4 Å². The van der Waals surface area contributed by atoms with Crippen LogP contribution in [0.1, 0.15) is 24.4 Å². The maximum Gasteiger partial charge on any atom is 0.310 e. The molecule has 0 saturated heterocycles. The van der Waals surface area contributed by atoms with E-state index in [1.54, 1.807) is 19.1 Å². The van der Waals surface area contributed by atoms with Gasteiger partial charge >= 0.3 is 5.97 Å². The number of ether oxygens (including phenoxy) is 1. The molecule has 0 fully saturated rings. The fraction of sp³-hybridized carbons (Fsp3) is 0.500. The van der Waals surface area contributed by atoms with Crippen LogP contribution in [0.4, 0.5) is 0 Å². The van der Waals surface area contributed by atoms with Crippen molar-refractivity contribution >= 4 is 33.7 Å². The maximum atomic E-state index is 12.4. The zero-order valence-electron chi connectivity index (χ0n) is 12.7. The lowest BCUT2D eigenvalue weighted by molar-refractivity contribution is -0.145. The third kappa shape index (κ3) is 5.51. The predicted molar refractivity (Wildman–Crippen MR) is 82.2 cm³/mol. The smallest absolute Gasteiger partial charge is 0.310 e. The predicted octanol–water partition coefficient (Wildman–Crippen LogP) is 1.43. The summed E-state index contributed by atoms with van der Waals surface area (Å²) in [5.74, 6) is -1.27. The minimum absolute atomic E-state index is 0.159. The first-order chi connectivity index (χ1) is 10.3. The van der Waals surface area contributed by atoms with E-state index in [-0.39, 0.29) is 37.2 Å². The van der Waals surface area contributed by atoms with E-state index >= 15 is 0 Å². The van der Waals surface area contributed by atoms with Gasteiger partial charge in [-0.05, 0) is 28.1 Å². The minimum atomic E-state index is -0.482. The van der Waals surface area contributed by atoms with Crippen LogP contribution >= 0.6 is 15.9 Å². The Bertz CT molecular complexity index is 543. The first-order valence-electron chi connectivity index (χ1n) is 6.72. The Labute approximate surface area is 137 Å². The number of methoxy groups -OCH3 is 1. The number of furan rings is 1. The Morgan fingerprint density at radius 1 is 1.41 bits per heavy atom. The minimum Gasteiger partial charge on any atom is -0.469 e. The molecule has 2 amide bonds. The third-order valence-electron chi connectivity index (χ3n) is 2.92. The first kappa shape index (κ1) is 18.2. The molecule has 1 aromatic rings. The maximum absolute atomic E-state index is 12.4.